The molecule has 2 aliphatic carbocycles. The molecule has 0 N–H and O–H groups in total. The summed E-state index contributed by atoms with van der Waals surface area (Å²) in [6, 6.07) is 0. The summed E-state index contributed by atoms with van der Waals surface area (Å²) in [5, 5.41) is 0. The van der Waals surface area contributed by atoms with E-state index in [1.54, 1.807) is 0 Å². The molecule has 2 aliphatic rings. The highest BCUT2D eigenvalue weighted by molar-refractivity contribution is 7.59. The van der Waals surface area contributed by atoms with Gasteiger partial charge in [0.2, 0.25) is 0 Å². The predicted octanol–water partition coefficient (Wildman–Crippen LogP) is 5.91. The molecule has 0 spiro atoms. The van der Waals surface area contributed by atoms with Gasteiger partial charge in [0.25, 0.3) is 0 Å². The number of allylic oxidation sites excluding steroid dienone is 4. The van der Waals surface area contributed by atoms with Crippen molar-refractivity contribution in [1.29, 1.82) is 0 Å². The van der Waals surface area contributed by atoms with E-state index in [4.69, 9.17) is 0 Å². The first-order chi connectivity index (χ1) is 8.00. The molecule has 0 bridgehead atoms. The van der Waals surface area contributed by atoms with Crippen molar-refractivity contribution in [3.8, 4) is 0 Å². The van der Waals surface area contributed by atoms with Gasteiger partial charge in [-0.1, -0.05) is 50.0 Å². The fourth-order valence-electron chi connectivity index (χ4n) is 2.23. The molecule has 0 saturated heterocycles. The molecule has 0 radical (unpaired) electrons. The molecular weight excluding hydrogens is 224 g/mol. The molecule has 0 aromatic heterocycles. The van der Waals surface area contributed by atoms with Crippen LogP contribution in [-0.4, -0.2) is 0 Å². The van der Waals surface area contributed by atoms with Crippen molar-refractivity contribution in [1.82, 2.24) is 0 Å². The third kappa shape index (κ3) is 12.1. The maximum atomic E-state index is 2.32. The molecule has 2 rings (SSSR count). The largest absolute Gasteiger partial charge is 0.197 e. The maximum absolute atomic E-state index is 2.32. The molecule has 0 fully saturated rings. The number of hydrogen-bond acceptors (Lipinski definition) is 0. The van der Waals surface area contributed by atoms with Crippen LogP contribution in [-0.2, 0) is 0 Å². The molecule has 0 unspecified atom stereocenters. The maximum Gasteiger partial charge on any atom is -0.0351 e. The highest BCUT2D eigenvalue weighted by Crippen LogP contribution is 2.10. The van der Waals surface area contributed by atoms with Gasteiger partial charge in [0, 0.05) is 0 Å². The van der Waals surface area contributed by atoms with Crippen LogP contribution < -0.4 is 0 Å². The van der Waals surface area contributed by atoms with E-state index in [1.165, 1.54) is 77.0 Å². The van der Waals surface area contributed by atoms with Gasteiger partial charge in [-0.15, -0.1) is 0 Å². The summed E-state index contributed by atoms with van der Waals surface area (Å²) in [7, 11) is 0. The van der Waals surface area contributed by atoms with Crippen molar-refractivity contribution in [2.45, 2.75) is 77.0 Å². The third-order valence-electron chi connectivity index (χ3n) is 3.32. The Kier molecular flexibility index (Phi) is 13.8. The van der Waals surface area contributed by atoms with E-state index in [-0.39, 0.29) is 13.5 Å². The summed E-state index contributed by atoms with van der Waals surface area (Å²) in [6.07, 6.45) is 26.0. The van der Waals surface area contributed by atoms with E-state index in [2.05, 4.69) is 24.3 Å². The first-order valence-corrected chi connectivity index (χ1v) is 7.30. The Balaban J connectivity index is 0.000000284. The highest BCUT2D eigenvalue weighted by atomic mass is 32.1. The lowest BCUT2D eigenvalue weighted by molar-refractivity contribution is 0.638. The van der Waals surface area contributed by atoms with Crippen LogP contribution >= 0.6 is 13.5 Å². The lowest BCUT2D eigenvalue weighted by atomic mass is 10.1. The zero-order chi connectivity index (χ0) is 11.3. The minimum Gasteiger partial charge on any atom is -0.197 e. The molecule has 0 aromatic carbocycles. The van der Waals surface area contributed by atoms with Crippen LogP contribution in [0.5, 0.6) is 0 Å². The first-order valence-electron chi connectivity index (χ1n) is 7.30. The van der Waals surface area contributed by atoms with Gasteiger partial charge in [-0.3, -0.25) is 0 Å². The quantitative estimate of drug-likeness (QED) is 0.472. The molecule has 0 amide bonds. The summed E-state index contributed by atoms with van der Waals surface area (Å²) >= 11 is 0. The Morgan fingerprint density at radius 2 is 0.588 bits per heavy atom. The van der Waals surface area contributed by atoms with Gasteiger partial charge in [0.15, 0.2) is 0 Å². The normalized spacial score (nSPS) is 20.7. The molecule has 100 valence electrons. The number of rotatable bonds is 0. The minimum atomic E-state index is 0. The van der Waals surface area contributed by atoms with E-state index in [9.17, 15) is 0 Å². The van der Waals surface area contributed by atoms with Gasteiger partial charge in [0.05, 0.1) is 0 Å². The highest BCUT2D eigenvalue weighted by Gasteiger charge is 1.90. The fourth-order valence-corrected chi connectivity index (χ4v) is 2.23. The molecule has 17 heavy (non-hydrogen) atoms. The summed E-state index contributed by atoms with van der Waals surface area (Å²) in [6.45, 7) is 0. The fraction of sp³-hybridized carbons (Fsp3) is 0.750. The lowest BCUT2D eigenvalue weighted by Crippen LogP contribution is -1.80. The van der Waals surface area contributed by atoms with E-state index in [1.807, 2.05) is 0 Å². The molecule has 0 saturated carbocycles. The van der Waals surface area contributed by atoms with E-state index >= 15 is 0 Å². The van der Waals surface area contributed by atoms with Crippen LogP contribution in [0.4, 0.5) is 0 Å². The second kappa shape index (κ2) is 13.9. The SMILES string of the molecule is C1=CCCCCCC1.C1=CCCCCCC1.S. The van der Waals surface area contributed by atoms with E-state index in [0.717, 1.165) is 0 Å². The topological polar surface area (TPSA) is 0 Å². The Hall–Kier alpha value is -0.170. The summed E-state index contributed by atoms with van der Waals surface area (Å²) < 4.78 is 0. The van der Waals surface area contributed by atoms with Gasteiger partial charge in [-0.05, 0) is 51.4 Å². The van der Waals surface area contributed by atoms with Crippen LogP contribution in [0.15, 0.2) is 24.3 Å². The Morgan fingerprint density at radius 3 is 0.824 bits per heavy atom. The standard InChI is InChI=1S/2C8H14.H2S/c2*1-2-4-6-8-7-5-3-1;/h2*1-2H,3-8H2;1H2. The van der Waals surface area contributed by atoms with Crippen LogP contribution in [0.25, 0.3) is 0 Å². The Morgan fingerprint density at radius 1 is 0.353 bits per heavy atom. The molecule has 0 aliphatic heterocycles. The second-order valence-electron chi connectivity index (χ2n) is 4.93. The molecule has 0 aromatic rings. The summed E-state index contributed by atoms with van der Waals surface area (Å²) in [5.41, 5.74) is 0. The van der Waals surface area contributed by atoms with Gasteiger partial charge >= 0.3 is 0 Å². The Bertz CT molecular complexity index is 152. The minimum absolute atomic E-state index is 0. The first kappa shape index (κ1) is 16.8. The molecular formula is C16H30S. The lowest BCUT2D eigenvalue weighted by Gasteiger charge is -2.00. The van der Waals surface area contributed by atoms with Crippen molar-refractivity contribution in [2.75, 3.05) is 0 Å². The molecule has 1 heteroatoms. The summed E-state index contributed by atoms with van der Waals surface area (Å²) in [4.78, 5) is 0. The van der Waals surface area contributed by atoms with Crippen molar-refractivity contribution in [3.63, 3.8) is 0 Å². The van der Waals surface area contributed by atoms with Crippen molar-refractivity contribution in [2.24, 2.45) is 0 Å². The number of hydrogen-bond donors (Lipinski definition) is 0. The Labute approximate surface area is 115 Å². The summed E-state index contributed by atoms with van der Waals surface area (Å²) in [5.74, 6) is 0. The molecule has 0 nitrogen and oxygen atoms in total. The van der Waals surface area contributed by atoms with Gasteiger partial charge in [-0.2, -0.15) is 13.5 Å². The van der Waals surface area contributed by atoms with Gasteiger partial charge in [-0.25, -0.2) is 0 Å². The second-order valence-corrected chi connectivity index (χ2v) is 4.93. The average molecular weight is 254 g/mol. The van der Waals surface area contributed by atoms with Gasteiger partial charge in [0.1, 0.15) is 0 Å². The third-order valence-corrected chi connectivity index (χ3v) is 3.32. The smallest absolute Gasteiger partial charge is 0.0351 e. The van der Waals surface area contributed by atoms with Crippen LogP contribution in [0.1, 0.15) is 77.0 Å². The average Bonchev–Trinajstić information content (AvgIpc) is 2.15. The van der Waals surface area contributed by atoms with Crippen molar-refractivity contribution >= 4 is 13.5 Å². The molecule has 0 heterocycles. The van der Waals surface area contributed by atoms with E-state index < -0.39 is 0 Å². The van der Waals surface area contributed by atoms with Crippen molar-refractivity contribution < 1.29 is 0 Å². The van der Waals surface area contributed by atoms with Crippen molar-refractivity contribution in [3.05, 3.63) is 24.3 Å². The monoisotopic (exact) mass is 254 g/mol. The van der Waals surface area contributed by atoms with E-state index in [0.29, 0.717) is 0 Å². The molecule has 0 atom stereocenters. The predicted molar refractivity (Wildman–Crippen MR) is 84.1 cm³/mol. The van der Waals surface area contributed by atoms with Crippen LogP contribution in [0.2, 0.25) is 0 Å². The zero-order valence-corrected chi connectivity index (χ0v) is 12.3. The van der Waals surface area contributed by atoms with Crippen LogP contribution in [0.3, 0.4) is 0 Å². The zero-order valence-electron chi connectivity index (χ0n) is 11.3. The van der Waals surface area contributed by atoms with Gasteiger partial charge < -0.3 is 0 Å². The van der Waals surface area contributed by atoms with Crippen LogP contribution in [0, 0.1) is 0 Å².